The number of hydrogen-bond donors (Lipinski definition) is 1. The SMILES string of the molecule is CONCC(Br)C(=O)SC. The van der Waals surface area contributed by atoms with Gasteiger partial charge in [-0.3, -0.25) is 4.79 Å². The van der Waals surface area contributed by atoms with Crippen LogP contribution in [0.25, 0.3) is 0 Å². The van der Waals surface area contributed by atoms with Gasteiger partial charge in [0.25, 0.3) is 0 Å². The number of nitrogens with one attached hydrogen (secondary N) is 1. The minimum atomic E-state index is -0.164. The highest BCUT2D eigenvalue weighted by molar-refractivity contribution is 9.10. The van der Waals surface area contributed by atoms with Crippen LogP contribution < -0.4 is 5.48 Å². The molecule has 0 rings (SSSR count). The summed E-state index contributed by atoms with van der Waals surface area (Å²) in [7, 11) is 1.52. The van der Waals surface area contributed by atoms with E-state index in [9.17, 15) is 4.79 Å². The van der Waals surface area contributed by atoms with Gasteiger partial charge in [0.1, 0.15) is 0 Å². The average Bonchev–Trinajstić information content (AvgIpc) is 1.98. The first-order valence-electron chi connectivity index (χ1n) is 2.70. The van der Waals surface area contributed by atoms with Crippen LogP contribution >= 0.6 is 27.7 Å². The molecule has 0 aromatic heterocycles. The Kier molecular flexibility index (Phi) is 6.41. The lowest BCUT2D eigenvalue weighted by Gasteiger charge is -2.05. The number of carbonyl (C=O) groups excluding carboxylic acids is 1. The summed E-state index contributed by atoms with van der Waals surface area (Å²) in [6, 6.07) is 0. The van der Waals surface area contributed by atoms with Crippen LogP contribution in [-0.2, 0) is 9.63 Å². The van der Waals surface area contributed by atoms with Gasteiger partial charge in [0.2, 0.25) is 5.12 Å². The Morgan fingerprint density at radius 1 is 1.90 bits per heavy atom. The Balaban J connectivity index is 3.41. The van der Waals surface area contributed by atoms with E-state index in [1.54, 1.807) is 6.26 Å². The van der Waals surface area contributed by atoms with Crippen LogP contribution in [-0.4, -0.2) is 29.9 Å². The molecule has 3 nitrogen and oxygen atoms in total. The Morgan fingerprint density at radius 2 is 2.50 bits per heavy atom. The molecule has 0 aliphatic carbocycles. The summed E-state index contributed by atoms with van der Waals surface area (Å²) in [5.41, 5.74) is 2.58. The molecule has 0 fully saturated rings. The van der Waals surface area contributed by atoms with Crippen LogP contribution in [0, 0.1) is 0 Å². The third-order valence-corrected chi connectivity index (χ3v) is 2.59. The largest absolute Gasteiger partial charge is 0.305 e. The molecule has 0 bridgehead atoms. The number of thioether (sulfide) groups is 1. The predicted octanol–water partition coefficient (Wildman–Crippen LogP) is 0.790. The monoisotopic (exact) mass is 227 g/mol. The van der Waals surface area contributed by atoms with Crippen LogP contribution in [0.15, 0.2) is 0 Å². The van der Waals surface area contributed by atoms with E-state index in [1.165, 1.54) is 18.9 Å². The van der Waals surface area contributed by atoms with Gasteiger partial charge in [-0.05, 0) is 6.26 Å². The van der Waals surface area contributed by atoms with Crippen molar-refractivity contribution in [3.63, 3.8) is 0 Å². The first-order valence-corrected chi connectivity index (χ1v) is 4.84. The number of halogens is 1. The highest BCUT2D eigenvalue weighted by Crippen LogP contribution is 2.07. The smallest absolute Gasteiger partial charge is 0.203 e. The molecule has 0 radical (unpaired) electrons. The van der Waals surface area contributed by atoms with E-state index in [4.69, 9.17) is 0 Å². The summed E-state index contributed by atoms with van der Waals surface area (Å²) in [5, 5.41) is 0.101. The number of rotatable bonds is 4. The Bertz CT molecular complexity index is 112. The maximum absolute atomic E-state index is 10.8. The summed E-state index contributed by atoms with van der Waals surface area (Å²) in [6.45, 7) is 0.496. The summed E-state index contributed by atoms with van der Waals surface area (Å²) in [6.07, 6.45) is 1.75. The first-order chi connectivity index (χ1) is 4.72. The normalized spacial score (nSPS) is 13.1. The molecule has 1 N–H and O–H groups in total. The Hall–Kier alpha value is 0.420. The molecular weight excluding hydrogens is 218 g/mol. The van der Waals surface area contributed by atoms with Gasteiger partial charge in [0, 0.05) is 6.54 Å². The number of carbonyl (C=O) groups is 1. The molecule has 10 heavy (non-hydrogen) atoms. The van der Waals surface area contributed by atoms with E-state index < -0.39 is 0 Å². The molecule has 0 aliphatic heterocycles. The molecule has 0 saturated carbocycles. The van der Waals surface area contributed by atoms with E-state index in [-0.39, 0.29) is 9.94 Å². The van der Waals surface area contributed by atoms with Crippen molar-refractivity contribution in [3.05, 3.63) is 0 Å². The van der Waals surface area contributed by atoms with E-state index >= 15 is 0 Å². The molecule has 0 aromatic rings. The molecule has 0 aliphatic rings. The van der Waals surface area contributed by atoms with Crippen LogP contribution in [0.5, 0.6) is 0 Å². The molecule has 0 heterocycles. The van der Waals surface area contributed by atoms with E-state index in [1.807, 2.05) is 0 Å². The summed E-state index contributed by atoms with van der Waals surface area (Å²) in [5.74, 6) is 0. The number of alkyl halides is 1. The maximum atomic E-state index is 10.8. The fourth-order valence-electron chi connectivity index (χ4n) is 0.368. The quantitative estimate of drug-likeness (QED) is 0.570. The van der Waals surface area contributed by atoms with E-state index in [0.717, 1.165) is 0 Å². The molecule has 0 amide bonds. The van der Waals surface area contributed by atoms with Gasteiger partial charge in [-0.25, -0.2) is 5.48 Å². The van der Waals surface area contributed by atoms with Crippen molar-refractivity contribution in [3.8, 4) is 0 Å². The van der Waals surface area contributed by atoms with Gasteiger partial charge in [0.15, 0.2) is 0 Å². The highest BCUT2D eigenvalue weighted by atomic mass is 79.9. The number of hydroxylamine groups is 1. The third kappa shape index (κ3) is 4.27. The van der Waals surface area contributed by atoms with Gasteiger partial charge in [0.05, 0.1) is 11.9 Å². The zero-order valence-corrected chi connectivity index (χ0v) is 8.29. The second-order valence-electron chi connectivity index (χ2n) is 1.54. The topological polar surface area (TPSA) is 38.3 Å². The lowest BCUT2D eigenvalue weighted by atomic mass is 10.5. The summed E-state index contributed by atoms with van der Waals surface area (Å²) < 4.78 is 0. The summed E-state index contributed by atoms with van der Waals surface area (Å²) in [4.78, 5) is 15.2. The van der Waals surface area contributed by atoms with Gasteiger partial charge in [-0.15, -0.1) is 0 Å². The molecule has 0 aromatic carbocycles. The minimum Gasteiger partial charge on any atom is -0.305 e. The second kappa shape index (κ2) is 6.15. The lowest BCUT2D eigenvalue weighted by Crippen LogP contribution is -2.26. The van der Waals surface area contributed by atoms with Crippen molar-refractivity contribution in [2.75, 3.05) is 19.9 Å². The molecule has 5 heteroatoms. The standard InChI is InChI=1S/C5H10BrNO2S/c1-9-7-3-4(6)5(8)10-2/h4,7H,3H2,1-2H3. The minimum absolute atomic E-state index is 0.101. The van der Waals surface area contributed by atoms with Crippen molar-refractivity contribution in [2.45, 2.75) is 4.83 Å². The molecular formula is C5H10BrNO2S. The van der Waals surface area contributed by atoms with Crippen molar-refractivity contribution >= 4 is 32.8 Å². The lowest BCUT2D eigenvalue weighted by molar-refractivity contribution is -0.110. The Morgan fingerprint density at radius 3 is 2.90 bits per heavy atom. The highest BCUT2D eigenvalue weighted by Gasteiger charge is 2.11. The zero-order chi connectivity index (χ0) is 7.98. The van der Waals surface area contributed by atoms with Gasteiger partial charge >= 0.3 is 0 Å². The van der Waals surface area contributed by atoms with E-state index in [0.29, 0.717) is 6.54 Å². The van der Waals surface area contributed by atoms with Crippen LogP contribution in [0.4, 0.5) is 0 Å². The number of hydrogen-bond acceptors (Lipinski definition) is 4. The Labute approximate surface area is 73.0 Å². The zero-order valence-electron chi connectivity index (χ0n) is 5.89. The van der Waals surface area contributed by atoms with Crippen molar-refractivity contribution in [1.29, 1.82) is 0 Å². The van der Waals surface area contributed by atoms with Gasteiger partial charge in [-0.2, -0.15) is 0 Å². The fraction of sp³-hybridized carbons (Fsp3) is 0.800. The van der Waals surface area contributed by atoms with Crippen LogP contribution in [0.2, 0.25) is 0 Å². The molecule has 0 saturated heterocycles. The van der Waals surface area contributed by atoms with Gasteiger partial charge < -0.3 is 4.84 Å². The van der Waals surface area contributed by atoms with Crippen molar-refractivity contribution in [1.82, 2.24) is 5.48 Å². The van der Waals surface area contributed by atoms with Crippen molar-refractivity contribution < 1.29 is 9.63 Å². The third-order valence-electron chi connectivity index (χ3n) is 0.864. The van der Waals surface area contributed by atoms with Gasteiger partial charge in [-0.1, -0.05) is 27.7 Å². The fourth-order valence-corrected chi connectivity index (χ4v) is 1.40. The second-order valence-corrected chi connectivity index (χ2v) is 3.46. The predicted molar refractivity (Wildman–Crippen MR) is 46.2 cm³/mol. The average molecular weight is 228 g/mol. The van der Waals surface area contributed by atoms with E-state index in [2.05, 4.69) is 26.2 Å². The molecule has 1 unspecified atom stereocenters. The molecule has 0 spiro atoms. The van der Waals surface area contributed by atoms with Crippen LogP contribution in [0.3, 0.4) is 0 Å². The molecule has 1 atom stereocenters. The summed E-state index contributed by atoms with van der Waals surface area (Å²) >= 11 is 4.39. The van der Waals surface area contributed by atoms with Crippen molar-refractivity contribution in [2.24, 2.45) is 0 Å². The first kappa shape index (κ1) is 10.4. The maximum Gasteiger partial charge on any atom is 0.203 e. The molecule has 60 valence electrons. The van der Waals surface area contributed by atoms with Crippen LogP contribution in [0.1, 0.15) is 0 Å².